The molecule has 0 spiro atoms. The second-order valence-electron chi connectivity index (χ2n) is 11.5. The average molecular weight is 569 g/mol. The van der Waals surface area contributed by atoms with Gasteiger partial charge in [-0.15, -0.1) is 0 Å². The molecule has 0 saturated heterocycles. The molecule has 0 fully saturated rings. The van der Waals surface area contributed by atoms with Crippen molar-refractivity contribution < 1.29 is 14.0 Å². The fraction of sp³-hybridized carbons (Fsp3) is 0.639. The minimum atomic E-state index is 0.760. The van der Waals surface area contributed by atoms with E-state index in [1.807, 2.05) is 12.1 Å². The molecule has 0 N–H and O–H groups in total. The van der Waals surface area contributed by atoms with Gasteiger partial charge in [-0.25, -0.2) is 4.58 Å². The first-order valence-corrected chi connectivity index (χ1v) is 16.7. The summed E-state index contributed by atoms with van der Waals surface area (Å²) in [7, 11) is 1.76. The van der Waals surface area contributed by atoms with Crippen LogP contribution >= 0.6 is 11.6 Å². The van der Waals surface area contributed by atoms with E-state index in [2.05, 4.69) is 42.7 Å². The Labute approximate surface area is 250 Å². The zero-order valence-corrected chi connectivity index (χ0v) is 26.5. The second-order valence-corrected chi connectivity index (χ2v) is 11.9. The summed E-state index contributed by atoms with van der Waals surface area (Å²) in [5.41, 5.74) is 5.31. The Kier molecular flexibility index (Phi) is 15.6. The van der Waals surface area contributed by atoms with Crippen LogP contribution in [0.1, 0.15) is 133 Å². The number of hydrogen-bond donors (Lipinski definition) is 0. The first kappa shape index (κ1) is 32.5. The van der Waals surface area contributed by atoms with Gasteiger partial charge in [0.1, 0.15) is 6.54 Å². The van der Waals surface area contributed by atoms with Crippen LogP contribution < -0.4 is 9.47 Å². The minimum absolute atomic E-state index is 0.760. The van der Waals surface area contributed by atoms with Crippen LogP contribution in [0.15, 0.2) is 36.4 Å². The van der Waals surface area contributed by atoms with Crippen molar-refractivity contribution >= 4 is 17.3 Å². The lowest BCUT2D eigenvalue weighted by Crippen LogP contribution is -2.30. The van der Waals surface area contributed by atoms with Gasteiger partial charge in [0.2, 0.25) is 0 Å². The van der Waals surface area contributed by atoms with Crippen LogP contribution in [-0.2, 0) is 13.0 Å². The van der Waals surface area contributed by atoms with E-state index in [1.54, 1.807) is 7.11 Å². The number of ether oxygens (including phenoxy) is 2. The Balaban J connectivity index is 1.72. The molecule has 0 radical (unpaired) electrons. The lowest BCUT2D eigenvalue weighted by Gasteiger charge is -2.23. The minimum Gasteiger partial charge on any atom is -0.493 e. The number of fused-ring (bicyclic) bond motifs is 1. The summed E-state index contributed by atoms with van der Waals surface area (Å²) in [5.74, 6) is 1.84. The largest absolute Gasteiger partial charge is 0.493 e. The SMILES string of the molecule is CCCCCCCCCCCC1=[N+](Cc2ccccc2Cl)CCc2c1ccc(OC)c2OCCCCCCCC. The van der Waals surface area contributed by atoms with Crippen molar-refractivity contribution in [2.24, 2.45) is 0 Å². The van der Waals surface area contributed by atoms with Crippen LogP contribution in [-0.4, -0.2) is 30.5 Å². The lowest BCUT2D eigenvalue weighted by molar-refractivity contribution is -0.545. The predicted octanol–water partition coefficient (Wildman–Crippen LogP) is 10.6. The summed E-state index contributed by atoms with van der Waals surface area (Å²) in [6.07, 6.45) is 21.8. The molecule has 0 aromatic heterocycles. The highest BCUT2D eigenvalue weighted by molar-refractivity contribution is 6.31. The molecule has 2 aromatic carbocycles. The monoisotopic (exact) mass is 568 g/mol. The summed E-state index contributed by atoms with van der Waals surface area (Å²) in [6.45, 7) is 7.15. The molecule has 2 aromatic rings. The molecule has 3 nitrogen and oxygen atoms in total. The number of rotatable bonds is 21. The third kappa shape index (κ3) is 10.4. The van der Waals surface area contributed by atoms with Crippen LogP contribution in [0.4, 0.5) is 0 Å². The van der Waals surface area contributed by atoms with Gasteiger partial charge < -0.3 is 9.47 Å². The van der Waals surface area contributed by atoms with Crippen molar-refractivity contribution in [3.05, 3.63) is 58.1 Å². The van der Waals surface area contributed by atoms with E-state index in [9.17, 15) is 0 Å². The number of benzene rings is 2. The summed E-state index contributed by atoms with van der Waals surface area (Å²) >= 11 is 6.60. The Morgan fingerprint density at radius 1 is 0.750 bits per heavy atom. The highest BCUT2D eigenvalue weighted by Crippen LogP contribution is 2.37. The molecule has 3 rings (SSSR count). The van der Waals surface area contributed by atoms with Crippen molar-refractivity contribution in [3.63, 3.8) is 0 Å². The average Bonchev–Trinajstić information content (AvgIpc) is 2.97. The Morgan fingerprint density at radius 3 is 2.02 bits per heavy atom. The van der Waals surface area contributed by atoms with E-state index >= 15 is 0 Å². The van der Waals surface area contributed by atoms with Crippen molar-refractivity contribution in [2.75, 3.05) is 20.3 Å². The maximum atomic E-state index is 6.60. The van der Waals surface area contributed by atoms with Crippen LogP contribution in [0.5, 0.6) is 11.5 Å². The van der Waals surface area contributed by atoms with Crippen LogP contribution in [0, 0.1) is 0 Å². The maximum Gasteiger partial charge on any atom is 0.184 e. The van der Waals surface area contributed by atoms with Crippen molar-refractivity contribution in [1.82, 2.24) is 0 Å². The first-order valence-electron chi connectivity index (χ1n) is 16.4. The number of nitrogens with zero attached hydrogens (tertiary/aromatic N) is 1. The molecular formula is C36H55ClNO2+. The van der Waals surface area contributed by atoms with Crippen LogP contribution in [0.3, 0.4) is 0 Å². The molecule has 0 aliphatic carbocycles. The van der Waals surface area contributed by atoms with Gasteiger partial charge >= 0.3 is 0 Å². The Bertz CT molecular complexity index is 1030. The number of hydrogen-bond acceptors (Lipinski definition) is 2. The summed E-state index contributed by atoms with van der Waals surface area (Å²) in [4.78, 5) is 0. The molecule has 1 aliphatic heterocycles. The molecule has 4 heteroatoms. The van der Waals surface area contributed by atoms with Gasteiger partial charge in [0.25, 0.3) is 0 Å². The third-order valence-corrected chi connectivity index (χ3v) is 8.72. The van der Waals surface area contributed by atoms with Gasteiger partial charge in [-0.2, -0.15) is 0 Å². The number of halogens is 1. The predicted molar refractivity (Wildman–Crippen MR) is 172 cm³/mol. The van der Waals surface area contributed by atoms with Gasteiger partial charge in [0.15, 0.2) is 23.8 Å². The van der Waals surface area contributed by atoms with Gasteiger partial charge in [-0.3, -0.25) is 0 Å². The molecule has 0 bridgehead atoms. The summed E-state index contributed by atoms with van der Waals surface area (Å²) in [6, 6.07) is 12.7. The van der Waals surface area contributed by atoms with Crippen molar-refractivity contribution in [2.45, 2.75) is 130 Å². The first-order chi connectivity index (χ1) is 19.7. The molecule has 1 heterocycles. The van der Waals surface area contributed by atoms with E-state index in [4.69, 9.17) is 21.1 Å². The Morgan fingerprint density at radius 2 is 1.38 bits per heavy atom. The van der Waals surface area contributed by atoms with E-state index in [0.717, 1.165) is 55.5 Å². The summed E-state index contributed by atoms with van der Waals surface area (Å²) < 4.78 is 14.8. The fourth-order valence-electron chi connectivity index (χ4n) is 5.96. The van der Waals surface area contributed by atoms with Crippen LogP contribution in [0.25, 0.3) is 0 Å². The quantitative estimate of drug-likeness (QED) is 0.110. The van der Waals surface area contributed by atoms with Crippen molar-refractivity contribution in [1.29, 1.82) is 0 Å². The highest BCUT2D eigenvalue weighted by Gasteiger charge is 2.30. The van der Waals surface area contributed by atoms with E-state index in [1.165, 1.54) is 112 Å². The molecule has 1 aliphatic rings. The number of unbranched alkanes of at least 4 members (excludes halogenated alkanes) is 13. The maximum absolute atomic E-state index is 6.60. The smallest absolute Gasteiger partial charge is 0.184 e. The summed E-state index contributed by atoms with van der Waals surface area (Å²) in [5, 5.41) is 0.855. The molecule has 0 amide bonds. The highest BCUT2D eigenvalue weighted by atomic mass is 35.5. The molecule has 0 unspecified atom stereocenters. The molecule has 222 valence electrons. The molecule has 0 saturated carbocycles. The molecular weight excluding hydrogens is 514 g/mol. The Hall–Kier alpha value is -2.00. The van der Waals surface area contributed by atoms with Gasteiger partial charge in [0.05, 0.1) is 18.7 Å². The van der Waals surface area contributed by atoms with Crippen LogP contribution in [0.2, 0.25) is 5.02 Å². The molecule has 40 heavy (non-hydrogen) atoms. The molecule has 0 atom stereocenters. The van der Waals surface area contributed by atoms with Gasteiger partial charge in [0, 0.05) is 29.5 Å². The third-order valence-electron chi connectivity index (χ3n) is 8.35. The zero-order valence-electron chi connectivity index (χ0n) is 25.7. The second kappa shape index (κ2) is 19.2. The normalized spacial score (nSPS) is 13.0. The van der Waals surface area contributed by atoms with Crippen molar-refractivity contribution in [3.8, 4) is 11.5 Å². The standard InChI is InChI=1S/C36H55ClNO2/c1-4-6-8-10-12-13-14-15-17-23-34-31-24-25-35(39-3)36(40-28-20-16-11-9-7-5-2)32(31)26-27-38(34)29-30-21-18-19-22-33(30)37/h18-19,21-22,24-25H,4-17,20,23,26-29H2,1-3H3/q+1. The van der Waals surface area contributed by atoms with Gasteiger partial charge in [-0.1, -0.05) is 127 Å². The topological polar surface area (TPSA) is 21.5 Å². The number of methoxy groups -OCH3 is 1. The zero-order chi connectivity index (χ0) is 28.4. The van der Waals surface area contributed by atoms with E-state index in [0.29, 0.717) is 0 Å². The van der Waals surface area contributed by atoms with Gasteiger partial charge in [-0.05, 0) is 31.0 Å². The fourth-order valence-corrected chi connectivity index (χ4v) is 6.15. The lowest BCUT2D eigenvalue weighted by atomic mass is 9.91. The van der Waals surface area contributed by atoms with E-state index in [-0.39, 0.29) is 0 Å². The van der Waals surface area contributed by atoms with E-state index < -0.39 is 0 Å².